The number of nitrogens with zero attached hydrogens (tertiary/aromatic N) is 1. The minimum Gasteiger partial charge on any atom is -0.492 e. The van der Waals surface area contributed by atoms with E-state index in [1.165, 1.54) is 13.4 Å². The summed E-state index contributed by atoms with van der Waals surface area (Å²) in [5.74, 6) is 0.585. The van der Waals surface area contributed by atoms with Crippen LogP contribution < -0.4 is 10.1 Å². The number of benzene rings is 1. The fourth-order valence-corrected chi connectivity index (χ4v) is 2.50. The van der Waals surface area contributed by atoms with Gasteiger partial charge in [0.05, 0.1) is 31.0 Å². The molecule has 0 aliphatic rings. The highest BCUT2D eigenvalue weighted by Crippen LogP contribution is 2.30. The molecule has 7 nitrogen and oxygen atoms in total. The van der Waals surface area contributed by atoms with Crippen LogP contribution in [0.3, 0.4) is 0 Å². The molecule has 24 heavy (non-hydrogen) atoms. The van der Waals surface area contributed by atoms with Gasteiger partial charge >= 0.3 is 6.09 Å². The summed E-state index contributed by atoms with van der Waals surface area (Å²) in [6.45, 7) is 0.774. The van der Waals surface area contributed by atoms with E-state index in [1.54, 1.807) is 6.07 Å². The van der Waals surface area contributed by atoms with Crippen LogP contribution in [0.1, 0.15) is 11.4 Å². The molecular formula is C16H16ClN3O4. The maximum atomic E-state index is 11.1. The minimum absolute atomic E-state index is 0.335. The zero-order valence-corrected chi connectivity index (χ0v) is 13.7. The van der Waals surface area contributed by atoms with Gasteiger partial charge in [-0.05, 0) is 12.1 Å². The quantitative estimate of drug-likeness (QED) is 0.712. The lowest BCUT2D eigenvalue weighted by Crippen LogP contribution is -2.22. The first-order chi connectivity index (χ1) is 11.7. The van der Waals surface area contributed by atoms with Crippen molar-refractivity contribution >= 4 is 28.6 Å². The van der Waals surface area contributed by atoms with Gasteiger partial charge in [0.2, 0.25) is 0 Å². The van der Waals surface area contributed by atoms with Gasteiger partial charge in [-0.15, -0.1) is 0 Å². The normalized spacial score (nSPS) is 10.8. The topological polar surface area (TPSA) is 89.4 Å². The van der Waals surface area contributed by atoms with Crippen molar-refractivity contribution in [1.29, 1.82) is 0 Å². The predicted molar refractivity (Wildman–Crippen MR) is 88.3 cm³/mol. The number of aromatic nitrogens is 2. The number of fused-ring (bicyclic) bond motifs is 1. The molecule has 2 N–H and O–H groups in total. The number of amides is 1. The molecule has 3 rings (SSSR count). The maximum Gasteiger partial charge on any atom is 0.407 e. The van der Waals surface area contributed by atoms with Gasteiger partial charge in [-0.2, -0.15) is 0 Å². The number of nitrogens with one attached hydrogen (secondary N) is 2. The molecule has 0 atom stereocenters. The first kappa shape index (κ1) is 16.2. The number of rotatable bonds is 6. The van der Waals surface area contributed by atoms with Gasteiger partial charge in [0.25, 0.3) is 0 Å². The van der Waals surface area contributed by atoms with Gasteiger partial charge in [0.15, 0.2) is 0 Å². The minimum atomic E-state index is -0.483. The van der Waals surface area contributed by atoms with Gasteiger partial charge in [-0.25, -0.2) is 4.79 Å². The summed E-state index contributed by atoms with van der Waals surface area (Å²) in [5.41, 5.74) is 2.53. The first-order valence-corrected chi connectivity index (χ1v) is 7.68. The van der Waals surface area contributed by atoms with Crippen LogP contribution in [-0.4, -0.2) is 30.0 Å². The molecule has 0 saturated carbocycles. The monoisotopic (exact) mass is 349 g/mol. The summed E-state index contributed by atoms with van der Waals surface area (Å²) in [4.78, 5) is 14.3. The van der Waals surface area contributed by atoms with Crippen LogP contribution in [0.4, 0.5) is 4.79 Å². The molecular weight excluding hydrogens is 334 g/mol. The third kappa shape index (κ3) is 3.80. The third-order valence-electron chi connectivity index (χ3n) is 3.44. The number of carbonyl (C=O) groups excluding carboxylic acids is 1. The van der Waals surface area contributed by atoms with Crippen LogP contribution in [-0.2, 0) is 17.7 Å². The number of halogens is 1. The predicted octanol–water partition coefficient (Wildman–Crippen LogP) is 3.29. The molecule has 1 aromatic carbocycles. The number of methoxy groups -OCH3 is 1. The molecule has 0 saturated heterocycles. The van der Waals surface area contributed by atoms with Gasteiger partial charge in [0, 0.05) is 35.2 Å². The van der Waals surface area contributed by atoms with Gasteiger partial charge in [0.1, 0.15) is 12.0 Å². The van der Waals surface area contributed by atoms with E-state index in [4.69, 9.17) is 20.9 Å². The highest BCUT2D eigenvalue weighted by atomic mass is 35.5. The summed E-state index contributed by atoms with van der Waals surface area (Å²) < 4.78 is 15.0. The lowest BCUT2D eigenvalue weighted by atomic mass is 10.2. The van der Waals surface area contributed by atoms with E-state index >= 15 is 0 Å². The Morgan fingerprint density at radius 2 is 2.29 bits per heavy atom. The third-order valence-corrected chi connectivity index (χ3v) is 3.74. The zero-order chi connectivity index (χ0) is 16.9. The highest BCUT2D eigenvalue weighted by Gasteiger charge is 2.09. The summed E-state index contributed by atoms with van der Waals surface area (Å²) >= 11 is 6.26. The Morgan fingerprint density at radius 3 is 3.04 bits per heavy atom. The fourth-order valence-electron chi connectivity index (χ4n) is 2.27. The fraction of sp³-hybridized carbons (Fsp3) is 0.250. The van der Waals surface area contributed by atoms with E-state index in [1.807, 2.05) is 18.2 Å². The second-order valence-electron chi connectivity index (χ2n) is 5.10. The van der Waals surface area contributed by atoms with Crippen molar-refractivity contribution in [1.82, 2.24) is 15.5 Å². The van der Waals surface area contributed by atoms with E-state index in [0.29, 0.717) is 30.3 Å². The summed E-state index contributed by atoms with van der Waals surface area (Å²) in [7, 11) is 1.32. The summed E-state index contributed by atoms with van der Waals surface area (Å²) in [6.07, 6.45) is 1.67. The maximum absolute atomic E-state index is 11.1. The Kier molecular flexibility index (Phi) is 4.90. The van der Waals surface area contributed by atoms with Crippen LogP contribution >= 0.6 is 11.6 Å². The van der Waals surface area contributed by atoms with E-state index in [9.17, 15) is 4.79 Å². The van der Waals surface area contributed by atoms with Gasteiger partial charge in [-0.3, -0.25) is 0 Å². The van der Waals surface area contributed by atoms with Crippen LogP contribution in [0.2, 0.25) is 5.02 Å². The van der Waals surface area contributed by atoms with Gasteiger partial charge < -0.3 is 24.3 Å². The lowest BCUT2D eigenvalue weighted by Gasteiger charge is -2.07. The Labute approximate surface area is 142 Å². The van der Waals surface area contributed by atoms with E-state index in [0.717, 1.165) is 22.3 Å². The number of carbonyl (C=O) groups is 1. The van der Waals surface area contributed by atoms with Crippen LogP contribution in [0.15, 0.2) is 35.1 Å². The van der Waals surface area contributed by atoms with Crippen LogP contribution in [0.5, 0.6) is 5.75 Å². The molecule has 0 radical (unpaired) electrons. The van der Waals surface area contributed by atoms with Crippen LogP contribution in [0.25, 0.3) is 10.9 Å². The number of hydrogen-bond acceptors (Lipinski definition) is 5. The molecule has 0 aliphatic carbocycles. The molecule has 0 spiro atoms. The molecule has 0 aliphatic heterocycles. The molecule has 0 bridgehead atoms. The van der Waals surface area contributed by atoms with Crippen LogP contribution in [0, 0.1) is 0 Å². The smallest absolute Gasteiger partial charge is 0.407 e. The first-order valence-electron chi connectivity index (χ1n) is 7.30. The van der Waals surface area contributed by atoms with Crippen molar-refractivity contribution in [2.45, 2.75) is 13.0 Å². The standard InChI is InChI=1S/C16H16ClN3O4/c1-22-16(21)18-9-12-6-10-7-13(17)15(8-14(10)19-12)23-4-2-11-3-5-24-20-11/h3,5-8,19H,2,4,9H2,1H3,(H,18,21). The SMILES string of the molecule is COC(=O)NCc1cc2cc(Cl)c(OCCc3ccon3)cc2[nH]1. The molecule has 0 fully saturated rings. The van der Waals surface area contributed by atoms with Crippen molar-refractivity contribution in [3.63, 3.8) is 0 Å². The van der Waals surface area contributed by atoms with E-state index in [-0.39, 0.29) is 0 Å². The van der Waals surface area contributed by atoms with Crippen molar-refractivity contribution in [2.75, 3.05) is 13.7 Å². The lowest BCUT2D eigenvalue weighted by molar-refractivity contribution is 0.170. The van der Waals surface area contributed by atoms with E-state index in [2.05, 4.69) is 20.2 Å². The zero-order valence-electron chi connectivity index (χ0n) is 13.0. The Morgan fingerprint density at radius 1 is 1.42 bits per heavy atom. The number of H-pyrrole nitrogens is 1. The Bertz CT molecular complexity index is 829. The molecule has 8 heteroatoms. The molecule has 0 unspecified atom stereocenters. The number of hydrogen-bond donors (Lipinski definition) is 2. The average Bonchev–Trinajstić information content (AvgIpc) is 3.22. The molecule has 2 aromatic heterocycles. The average molecular weight is 350 g/mol. The van der Waals surface area contributed by atoms with Crippen molar-refractivity contribution < 1.29 is 18.8 Å². The molecule has 3 aromatic rings. The van der Waals surface area contributed by atoms with Gasteiger partial charge in [-0.1, -0.05) is 16.8 Å². The number of ether oxygens (including phenoxy) is 2. The van der Waals surface area contributed by atoms with Crippen molar-refractivity contribution in [2.24, 2.45) is 0 Å². The van der Waals surface area contributed by atoms with Crippen molar-refractivity contribution in [3.8, 4) is 5.75 Å². The molecule has 126 valence electrons. The van der Waals surface area contributed by atoms with Crippen molar-refractivity contribution in [3.05, 3.63) is 46.9 Å². The summed E-state index contributed by atoms with van der Waals surface area (Å²) in [6, 6.07) is 7.36. The Balaban J connectivity index is 1.67. The number of aromatic amines is 1. The highest BCUT2D eigenvalue weighted by molar-refractivity contribution is 6.32. The summed E-state index contributed by atoms with van der Waals surface area (Å²) in [5, 5.41) is 7.90. The second kappa shape index (κ2) is 7.27. The molecule has 2 heterocycles. The van der Waals surface area contributed by atoms with E-state index < -0.39 is 6.09 Å². The number of alkyl carbamates (subject to hydrolysis) is 1. The second-order valence-corrected chi connectivity index (χ2v) is 5.51. The largest absolute Gasteiger partial charge is 0.492 e. The Hall–Kier alpha value is -2.67. The molecule has 1 amide bonds.